The molecule has 1 atom stereocenters. The van der Waals surface area contributed by atoms with Crippen molar-refractivity contribution in [3.05, 3.63) is 54.2 Å². The Kier molecular flexibility index (Phi) is 4.27. The van der Waals surface area contributed by atoms with Gasteiger partial charge in [0.05, 0.1) is 0 Å². The first-order valence-electron chi connectivity index (χ1n) is 5.25. The van der Waals surface area contributed by atoms with Gasteiger partial charge in [0.25, 0.3) is 11.3 Å². The Labute approximate surface area is 107 Å². The molecule has 5 nitrogen and oxygen atoms in total. The van der Waals surface area contributed by atoms with Gasteiger partial charge in [-0.1, -0.05) is 30.3 Å². The molecule has 0 saturated heterocycles. The number of ether oxygens (including phenoxy) is 1. The van der Waals surface area contributed by atoms with Crippen molar-refractivity contribution in [1.82, 2.24) is 4.98 Å². The predicted molar refractivity (Wildman–Crippen MR) is 69.4 cm³/mol. The molecule has 0 amide bonds. The van der Waals surface area contributed by atoms with E-state index in [0.717, 1.165) is 5.56 Å². The molecule has 0 fully saturated rings. The molecule has 0 aliphatic carbocycles. The van der Waals surface area contributed by atoms with Crippen LogP contribution < -0.4 is 9.46 Å². The second kappa shape index (κ2) is 6.13. The first-order valence-corrected chi connectivity index (χ1v) is 6.35. The van der Waals surface area contributed by atoms with Gasteiger partial charge < -0.3 is 4.74 Å². The van der Waals surface area contributed by atoms with Gasteiger partial charge in [0.2, 0.25) is 0 Å². The monoisotopic (exact) mass is 264 g/mol. The van der Waals surface area contributed by atoms with Gasteiger partial charge in [-0.25, -0.2) is 9.19 Å². The average Bonchev–Trinajstić information content (AvgIpc) is 2.38. The molecular weight excluding hydrogens is 252 g/mol. The van der Waals surface area contributed by atoms with E-state index in [1.807, 2.05) is 30.3 Å². The van der Waals surface area contributed by atoms with Crippen LogP contribution >= 0.6 is 0 Å². The van der Waals surface area contributed by atoms with Crippen molar-refractivity contribution < 1.29 is 13.5 Å². The van der Waals surface area contributed by atoms with E-state index in [4.69, 9.17) is 9.29 Å². The van der Waals surface area contributed by atoms with Gasteiger partial charge in [-0.2, -0.15) is 0 Å². The minimum Gasteiger partial charge on any atom is -0.485 e. The molecule has 0 saturated carbocycles. The molecule has 0 aliphatic rings. The third kappa shape index (κ3) is 3.54. The van der Waals surface area contributed by atoms with Gasteiger partial charge in [0.1, 0.15) is 6.61 Å². The van der Waals surface area contributed by atoms with Crippen molar-refractivity contribution in [2.45, 2.75) is 6.61 Å². The molecule has 1 heterocycles. The van der Waals surface area contributed by atoms with Crippen molar-refractivity contribution in [1.29, 1.82) is 0 Å². The van der Waals surface area contributed by atoms with E-state index in [2.05, 4.69) is 9.71 Å². The summed E-state index contributed by atoms with van der Waals surface area (Å²) in [5, 5.41) is 0. The number of hydrogen-bond acceptors (Lipinski definition) is 3. The number of rotatable bonds is 5. The maximum atomic E-state index is 10.7. The summed E-state index contributed by atoms with van der Waals surface area (Å²) in [4.78, 5) is 3.94. The third-order valence-electron chi connectivity index (χ3n) is 2.19. The zero-order chi connectivity index (χ0) is 12.8. The van der Waals surface area contributed by atoms with E-state index in [1.165, 1.54) is 6.20 Å². The zero-order valence-electron chi connectivity index (χ0n) is 9.45. The van der Waals surface area contributed by atoms with Crippen molar-refractivity contribution in [3.8, 4) is 5.75 Å². The minimum absolute atomic E-state index is 0.245. The van der Waals surface area contributed by atoms with E-state index >= 15 is 0 Å². The van der Waals surface area contributed by atoms with Crippen LogP contribution in [0.15, 0.2) is 48.7 Å². The van der Waals surface area contributed by atoms with Crippen LogP contribution in [-0.2, 0) is 17.9 Å². The molecular formula is C12H12N2O3S. The second-order valence-corrected chi connectivity index (χ2v) is 4.18. The minimum atomic E-state index is -2.17. The molecule has 2 N–H and O–H groups in total. The van der Waals surface area contributed by atoms with Crippen molar-refractivity contribution in [3.63, 3.8) is 0 Å². The van der Waals surface area contributed by atoms with Gasteiger partial charge in [0.15, 0.2) is 11.6 Å². The fourth-order valence-corrected chi connectivity index (χ4v) is 1.72. The van der Waals surface area contributed by atoms with Crippen LogP contribution in [0.5, 0.6) is 5.75 Å². The largest absolute Gasteiger partial charge is 0.485 e. The summed E-state index contributed by atoms with van der Waals surface area (Å²) in [5.74, 6) is 0.679. The van der Waals surface area contributed by atoms with E-state index in [1.54, 1.807) is 12.1 Å². The summed E-state index contributed by atoms with van der Waals surface area (Å²) in [7, 11) is 0. The molecule has 6 heteroatoms. The smallest absolute Gasteiger partial charge is 0.260 e. The van der Waals surface area contributed by atoms with Gasteiger partial charge in [-0.05, 0) is 17.7 Å². The Morgan fingerprint density at radius 3 is 2.72 bits per heavy atom. The fraction of sp³-hybridized carbons (Fsp3) is 0.0833. The highest BCUT2D eigenvalue weighted by molar-refractivity contribution is 7.80. The van der Waals surface area contributed by atoms with E-state index in [-0.39, 0.29) is 5.82 Å². The number of pyridine rings is 1. The first-order chi connectivity index (χ1) is 8.75. The topological polar surface area (TPSA) is 71.5 Å². The van der Waals surface area contributed by atoms with Gasteiger partial charge in [-0.15, -0.1) is 0 Å². The molecule has 2 rings (SSSR count). The summed E-state index contributed by atoms with van der Waals surface area (Å²) in [5.41, 5.74) is 1.01. The van der Waals surface area contributed by atoms with Crippen LogP contribution in [0.2, 0.25) is 0 Å². The lowest BCUT2D eigenvalue weighted by Crippen LogP contribution is -2.06. The number of hydrogen-bond donors (Lipinski definition) is 2. The summed E-state index contributed by atoms with van der Waals surface area (Å²) < 4.78 is 27.3. The van der Waals surface area contributed by atoms with Crippen LogP contribution in [-0.4, -0.2) is 13.7 Å². The molecule has 0 bridgehead atoms. The van der Waals surface area contributed by atoms with Crippen LogP contribution in [0, 0.1) is 0 Å². The summed E-state index contributed by atoms with van der Waals surface area (Å²) >= 11 is -2.17. The number of aromatic nitrogens is 1. The number of anilines is 1. The maximum Gasteiger partial charge on any atom is 0.260 e. The molecule has 0 aliphatic heterocycles. The quantitative estimate of drug-likeness (QED) is 0.812. The lowest BCUT2D eigenvalue weighted by Gasteiger charge is -2.09. The molecule has 1 unspecified atom stereocenters. The van der Waals surface area contributed by atoms with Gasteiger partial charge in [-0.3, -0.25) is 9.27 Å². The second-order valence-electron chi connectivity index (χ2n) is 3.48. The standard InChI is InChI=1S/C12H12N2O3S/c15-18(16)14-12-11(7-4-8-13-12)17-9-10-5-2-1-3-6-10/h1-8H,9H2,(H,13,14)(H,15,16). The molecule has 1 aromatic heterocycles. The Bertz CT molecular complexity index is 534. The average molecular weight is 264 g/mol. The SMILES string of the molecule is O=S(O)Nc1ncccc1OCc1ccccc1. The van der Waals surface area contributed by atoms with Gasteiger partial charge in [0, 0.05) is 6.20 Å². The predicted octanol–water partition coefficient (Wildman–Crippen LogP) is 2.21. The van der Waals surface area contributed by atoms with Crippen molar-refractivity contribution >= 4 is 17.1 Å². The first kappa shape index (κ1) is 12.5. The number of benzene rings is 1. The summed E-state index contributed by atoms with van der Waals surface area (Å²) in [6, 6.07) is 13.0. The molecule has 2 aromatic rings. The van der Waals surface area contributed by atoms with Crippen LogP contribution in [0.3, 0.4) is 0 Å². The lowest BCUT2D eigenvalue weighted by atomic mass is 10.2. The highest BCUT2D eigenvalue weighted by Crippen LogP contribution is 2.22. The summed E-state index contributed by atoms with van der Waals surface area (Å²) in [6.45, 7) is 0.374. The molecule has 18 heavy (non-hydrogen) atoms. The Hall–Kier alpha value is -1.92. The normalized spacial score (nSPS) is 11.8. The molecule has 0 spiro atoms. The van der Waals surface area contributed by atoms with Crippen molar-refractivity contribution in [2.24, 2.45) is 0 Å². The molecule has 1 aromatic carbocycles. The van der Waals surface area contributed by atoms with E-state index in [9.17, 15) is 4.21 Å². The van der Waals surface area contributed by atoms with Crippen LogP contribution in [0.4, 0.5) is 5.82 Å². The Morgan fingerprint density at radius 2 is 2.00 bits per heavy atom. The van der Waals surface area contributed by atoms with Gasteiger partial charge >= 0.3 is 0 Å². The van der Waals surface area contributed by atoms with Crippen LogP contribution in [0.1, 0.15) is 5.56 Å². The molecule has 94 valence electrons. The Morgan fingerprint density at radius 1 is 1.22 bits per heavy atom. The lowest BCUT2D eigenvalue weighted by molar-refractivity contribution is 0.307. The zero-order valence-corrected chi connectivity index (χ0v) is 10.3. The van der Waals surface area contributed by atoms with Crippen LogP contribution in [0.25, 0.3) is 0 Å². The maximum absolute atomic E-state index is 10.7. The highest BCUT2D eigenvalue weighted by atomic mass is 32.2. The molecule has 0 radical (unpaired) electrons. The number of nitrogens with zero attached hydrogens (tertiary/aromatic N) is 1. The fourth-order valence-electron chi connectivity index (χ4n) is 1.40. The Balaban J connectivity index is 2.07. The van der Waals surface area contributed by atoms with E-state index < -0.39 is 11.3 Å². The highest BCUT2D eigenvalue weighted by Gasteiger charge is 2.06. The summed E-state index contributed by atoms with van der Waals surface area (Å²) in [6.07, 6.45) is 1.52. The van der Waals surface area contributed by atoms with E-state index in [0.29, 0.717) is 12.4 Å². The third-order valence-corrected chi connectivity index (χ3v) is 2.56. The van der Waals surface area contributed by atoms with Crippen molar-refractivity contribution in [2.75, 3.05) is 4.72 Å². The number of nitrogens with one attached hydrogen (secondary N) is 1.